The van der Waals surface area contributed by atoms with Crippen LogP contribution in [0.1, 0.15) is 24.7 Å². The van der Waals surface area contributed by atoms with Crippen LogP contribution in [0.15, 0.2) is 18.2 Å². The molecule has 3 heterocycles. The molecule has 3 rings (SSSR count). The molecule has 5 heteroatoms. The third-order valence-electron chi connectivity index (χ3n) is 4.40. The average Bonchev–Trinajstić information content (AvgIpc) is 2.46. The molecule has 0 bridgehead atoms. The van der Waals surface area contributed by atoms with Crippen LogP contribution in [0.4, 0.5) is 0 Å². The predicted octanol–water partition coefficient (Wildman–Crippen LogP) is 1.21. The number of aromatic nitrogens is 1. The molecule has 1 aromatic heterocycles. The fourth-order valence-electron chi connectivity index (χ4n) is 3.39. The zero-order valence-corrected chi connectivity index (χ0v) is 12.8. The molecule has 0 spiro atoms. The number of piperidine rings is 1. The largest absolute Gasteiger partial charge is 0.374 e. The molecule has 0 unspecified atom stereocenters. The summed E-state index contributed by atoms with van der Waals surface area (Å²) in [6, 6.07) is 6.33. The average molecular weight is 289 g/mol. The minimum absolute atomic E-state index is 0.156. The Kier molecular flexibility index (Phi) is 4.22. The number of hydrogen-bond acceptors (Lipinski definition) is 4. The molecular weight excluding hydrogens is 266 g/mol. The van der Waals surface area contributed by atoms with Gasteiger partial charge < -0.3 is 9.64 Å². The first-order valence-corrected chi connectivity index (χ1v) is 7.67. The fraction of sp³-hybridized carbons (Fsp3) is 0.625. The number of ether oxygens (including phenoxy) is 1. The highest BCUT2D eigenvalue weighted by Gasteiger charge is 2.38. The van der Waals surface area contributed by atoms with Crippen LogP contribution in [0.25, 0.3) is 0 Å². The second-order valence-corrected chi connectivity index (χ2v) is 5.98. The van der Waals surface area contributed by atoms with Crippen LogP contribution in [0, 0.1) is 6.92 Å². The first-order valence-electron chi connectivity index (χ1n) is 7.67. The van der Waals surface area contributed by atoms with E-state index in [4.69, 9.17) is 4.74 Å². The van der Waals surface area contributed by atoms with Crippen LogP contribution in [0.5, 0.6) is 0 Å². The molecule has 2 atom stereocenters. The van der Waals surface area contributed by atoms with E-state index in [-0.39, 0.29) is 18.1 Å². The van der Waals surface area contributed by atoms with Crippen molar-refractivity contribution < 1.29 is 9.53 Å². The molecule has 0 aliphatic carbocycles. The van der Waals surface area contributed by atoms with Crippen LogP contribution in [-0.2, 0) is 16.1 Å². The van der Waals surface area contributed by atoms with Crippen molar-refractivity contribution in [2.45, 2.75) is 39.0 Å². The van der Waals surface area contributed by atoms with Crippen LogP contribution in [0.2, 0.25) is 0 Å². The highest BCUT2D eigenvalue weighted by atomic mass is 16.5. The van der Waals surface area contributed by atoms with E-state index in [2.05, 4.69) is 22.0 Å². The Balaban J connectivity index is 1.68. The van der Waals surface area contributed by atoms with Crippen LogP contribution < -0.4 is 0 Å². The smallest absolute Gasteiger partial charge is 0.219 e. The van der Waals surface area contributed by atoms with Crippen molar-refractivity contribution in [3.05, 3.63) is 29.6 Å². The van der Waals surface area contributed by atoms with Gasteiger partial charge in [0.05, 0.1) is 24.4 Å². The number of carbonyl (C=O) groups is 1. The minimum Gasteiger partial charge on any atom is -0.374 e. The summed E-state index contributed by atoms with van der Waals surface area (Å²) < 4.78 is 5.84. The maximum Gasteiger partial charge on any atom is 0.219 e. The van der Waals surface area contributed by atoms with E-state index >= 15 is 0 Å². The summed E-state index contributed by atoms with van der Waals surface area (Å²) in [6.45, 7) is 7.78. The summed E-state index contributed by atoms with van der Waals surface area (Å²) >= 11 is 0. The van der Waals surface area contributed by atoms with Gasteiger partial charge in [0.2, 0.25) is 5.91 Å². The van der Waals surface area contributed by atoms with E-state index in [1.54, 1.807) is 6.92 Å². The number of carbonyl (C=O) groups excluding carboxylic acids is 1. The number of amides is 1. The number of fused-ring (bicyclic) bond motifs is 1. The van der Waals surface area contributed by atoms with Gasteiger partial charge in [-0.3, -0.25) is 14.7 Å². The number of morpholine rings is 1. The summed E-state index contributed by atoms with van der Waals surface area (Å²) in [6.07, 6.45) is 1.18. The molecule has 2 aliphatic heterocycles. The molecule has 2 fully saturated rings. The zero-order chi connectivity index (χ0) is 14.8. The maximum atomic E-state index is 11.8. The van der Waals surface area contributed by atoms with Gasteiger partial charge in [-0.2, -0.15) is 0 Å². The first kappa shape index (κ1) is 14.5. The Bertz CT molecular complexity index is 520. The van der Waals surface area contributed by atoms with E-state index in [1.165, 1.54) is 0 Å². The number of pyridine rings is 1. The first-order chi connectivity index (χ1) is 10.1. The van der Waals surface area contributed by atoms with E-state index in [0.717, 1.165) is 37.4 Å². The van der Waals surface area contributed by atoms with Crippen molar-refractivity contribution in [1.29, 1.82) is 0 Å². The molecule has 114 valence electrons. The molecular formula is C16H23N3O2. The van der Waals surface area contributed by atoms with Crippen LogP contribution in [0.3, 0.4) is 0 Å². The van der Waals surface area contributed by atoms with Gasteiger partial charge in [-0.25, -0.2) is 0 Å². The van der Waals surface area contributed by atoms with E-state index < -0.39 is 0 Å². The highest BCUT2D eigenvalue weighted by Crippen LogP contribution is 2.24. The summed E-state index contributed by atoms with van der Waals surface area (Å²) in [5.74, 6) is 0.156. The molecule has 0 saturated carbocycles. The van der Waals surface area contributed by atoms with Crippen LogP contribution in [-0.4, -0.2) is 59.1 Å². The van der Waals surface area contributed by atoms with E-state index in [0.29, 0.717) is 13.2 Å². The lowest BCUT2D eigenvalue weighted by Crippen LogP contribution is -2.60. The molecule has 5 nitrogen and oxygen atoms in total. The van der Waals surface area contributed by atoms with Crippen LogP contribution >= 0.6 is 0 Å². The van der Waals surface area contributed by atoms with Gasteiger partial charge in [-0.1, -0.05) is 6.07 Å². The lowest BCUT2D eigenvalue weighted by Gasteiger charge is -2.46. The Hall–Kier alpha value is -1.46. The minimum atomic E-state index is 0.156. The zero-order valence-electron chi connectivity index (χ0n) is 12.8. The Labute approximate surface area is 125 Å². The van der Waals surface area contributed by atoms with Crippen molar-refractivity contribution in [2.24, 2.45) is 0 Å². The molecule has 1 amide bonds. The number of nitrogens with zero attached hydrogens (tertiary/aromatic N) is 3. The third kappa shape index (κ3) is 3.24. The summed E-state index contributed by atoms with van der Waals surface area (Å²) in [7, 11) is 0. The lowest BCUT2D eigenvalue weighted by atomic mass is 9.98. The number of rotatable bonds is 2. The number of hydrogen-bond donors (Lipinski definition) is 0. The predicted molar refractivity (Wildman–Crippen MR) is 79.8 cm³/mol. The van der Waals surface area contributed by atoms with Crippen molar-refractivity contribution in [1.82, 2.24) is 14.8 Å². The molecule has 0 radical (unpaired) electrons. The summed E-state index contributed by atoms with van der Waals surface area (Å²) in [4.78, 5) is 20.7. The van der Waals surface area contributed by atoms with Crippen molar-refractivity contribution in [3.8, 4) is 0 Å². The van der Waals surface area contributed by atoms with Gasteiger partial charge in [0.1, 0.15) is 0 Å². The van der Waals surface area contributed by atoms with E-state index in [9.17, 15) is 4.79 Å². The van der Waals surface area contributed by atoms with Crippen molar-refractivity contribution in [2.75, 3.05) is 26.2 Å². The second kappa shape index (κ2) is 6.12. The second-order valence-electron chi connectivity index (χ2n) is 5.98. The number of aryl methyl sites for hydroxylation is 1. The van der Waals surface area contributed by atoms with Gasteiger partial charge in [0, 0.05) is 38.8 Å². The summed E-state index contributed by atoms with van der Waals surface area (Å²) in [5.41, 5.74) is 2.15. The molecule has 1 aromatic rings. The lowest BCUT2D eigenvalue weighted by molar-refractivity contribution is -0.150. The van der Waals surface area contributed by atoms with Gasteiger partial charge in [-0.15, -0.1) is 0 Å². The quantitative estimate of drug-likeness (QED) is 0.821. The fourth-order valence-corrected chi connectivity index (χ4v) is 3.39. The molecule has 2 saturated heterocycles. The van der Waals surface area contributed by atoms with Gasteiger partial charge in [0.25, 0.3) is 0 Å². The maximum absolute atomic E-state index is 11.8. The Morgan fingerprint density at radius 3 is 3.05 bits per heavy atom. The molecule has 2 aliphatic rings. The van der Waals surface area contributed by atoms with E-state index in [1.807, 2.05) is 17.9 Å². The Morgan fingerprint density at radius 2 is 2.29 bits per heavy atom. The molecule has 0 N–H and O–H groups in total. The van der Waals surface area contributed by atoms with Gasteiger partial charge in [-0.05, 0) is 25.5 Å². The standard InChI is InChI=1S/C16H23N3O2/c1-12-4-3-5-14(17-12)10-18-7-6-16-15(11-18)19(13(2)20)8-9-21-16/h3-5,15-16H,6-11H2,1-2H3/t15-,16-/m0/s1. The third-order valence-corrected chi connectivity index (χ3v) is 4.40. The SMILES string of the molecule is CC(=O)N1CCO[C@H]2CCN(Cc3cccc(C)n3)C[C@@H]21. The van der Waals surface area contributed by atoms with Gasteiger partial charge in [0.15, 0.2) is 0 Å². The topological polar surface area (TPSA) is 45.7 Å². The normalized spacial score (nSPS) is 26.5. The summed E-state index contributed by atoms with van der Waals surface area (Å²) in [5, 5.41) is 0. The molecule has 21 heavy (non-hydrogen) atoms. The monoisotopic (exact) mass is 289 g/mol. The van der Waals surface area contributed by atoms with Crippen molar-refractivity contribution in [3.63, 3.8) is 0 Å². The number of likely N-dealkylation sites (tertiary alicyclic amines) is 1. The highest BCUT2D eigenvalue weighted by molar-refractivity contribution is 5.73. The van der Waals surface area contributed by atoms with Gasteiger partial charge >= 0.3 is 0 Å². The molecule has 0 aromatic carbocycles. The van der Waals surface area contributed by atoms with Crippen molar-refractivity contribution >= 4 is 5.91 Å². The Morgan fingerprint density at radius 1 is 1.43 bits per heavy atom.